The predicted molar refractivity (Wildman–Crippen MR) is 95.0 cm³/mol. The highest BCUT2D eigenvalue weighted by Gasteiger charge is 2.37. The van der Waals surface area contributed by atoms with Gasteiger partial charge in [0.1, 0.15) is 11.2 Å². The van der Waals surface area contributed by atoms with Gasteiger partial charge in [0.25, 0.3) is 0 Å². The van der Waals surface area contributed by atoms with Crippen molar-refractivity contribution in [2.75, 3.05) is 11.9 Å². The van der Waals surface area contributed by atoms with E-state index in [4.69, 9.17) is 4.74 Å². The zero-order valence-electron chi connectivity index (χ0n) is 14.9. The van der Waals surface area contributed by atoms with Crippen molar-refractivity contribution in [3.63, 3.8) is 0 Å². The van der Waals surface area contributed by atoms with Crippen LogP contribution >= 0.6 is 0 Å². The summed E-state index contributed by atoms with van der Waals surface area (Å²) in [5.74, 6) is 0.0561. The van der Waals surface area contributed by atoms with Crippen LogP contribution in [0.4, 0.5) is 5.69 Å². The highest BCUT2D eigenvalue weighted by Crippen LogP contribution is 2.27. The van der Waals surface area contributed by atoms with Crippen molar-refractivity contribution in [3.05, 3.63) is 24.3 Å². The van der Waals surface area contributed by atoms with Crippen LogP contribution < -0.4 is 15.4 Å². The Morgan fingerprint density at radius 3 is 2.46 bits per heavy atom. The zero-order valence-corrected chi connectivity index (χ0v) is 14.9. The Labute approximate surface area is 144 Å². The van der Waals surface area contributed by atoms with Crippen LogP contribution in [0.15, 0.2) is 24.3 Å². The Hall–Kier alpha value is -2.04. The minimum absolute atomic E-state index is 0.189. The van der Waals surface area contributed by atoms with Gasteiger partial charge in [-0.05, 0) is 45.7 Å². The molecule has 1 fully saturated rings. The van der Waals surface area contributed by atoms with E-state index in [-0.39, 0.29) is 17.9 Å². The molecule has 0 unspecified atom stereocenters. The van der Waals surface area contributed by atoms with Crippen molar-refractivity contribution >= 4 is 17.5 Å². The molecule has 2 rings (SSSR count). The van der Waals surface area contributed by atoms with Gasteiger partial charge in [0.05, 0.1) is 12.3 Å². The van der Waals surface area contributed by atoms with E-state index in [1.807, 2.05) is 19.1 Å². The Kier molecular flexibility index (Phi) is 6.23. The fraction of sp³-hybridized carbons (Fsp3) is 0.579. The van der Waals surface area contributed by atoms with Gasteiger partial charge >= 0.3 is 0 Å². The number of para-hydroxylation sites is 2. The molecule has 0 heterocycles. The second-order valence-electron chi connectivity index (χ2n) is 6.82. The molecule has 2 N–H and O–H groups in total. The second kappa shape index (κ2) is 8.18. The van der Waals surface area contributed by atoms with Gasteiger partial charge in [-0.1, -0.05) is 31.4 Å². The Morgan fingerprint density at radius 2 is 1.79 bits per heavy atom. The van der Waals surface area contributed by atoms with Gasteiger partial charge in [-0.25, -0.2) is 0 Å². The number of hydrogen-bond acceptors (Lipinski definition) is 3. The highest BCUT2D eigenvalue weighted by molar-refractivity contribution is 6.10. The lowest BCUT2D eigenvalue weighted by molar-refractivity contribution is -0.139. The summed E-state index contributed by atoms with van der Waals surface area (Å²) in [6.45, 7) is 5.71. The molecule has 1 aromatic rings. The summed E-state index contributed by atoms with van der Waals surface area (Å²) in [5, 5.41) is 5.86. The largest absolute Gasteiger partial charge is 0.492 e. The third-order valence-electron chi connectivity index (χ3n) is 4.51. The van der Waals surface area contributed by atoms with Crippen LogP contribution in [0.5, 0.6) is 5.75 Å². The van der Waals surface area contributed by atoms with Gasteiger partial charge in [0.2, 0.25) is 11.8 Å². The lowest BCUT2D eigenvalue weighted by Crippen LogP contribution is -2.49. The molecule has 0 aromatic heterocycles. The van der Waals surface area contributed by atoms with Crippen LogP contribution in [-0.2, 0) is 9.59 Å². The van der Waals surface area contributed by atoms with Crippen molar-refractivity contribution in [1.82, 2.24) is 5.32 Å². The Balaban J connectivity index is 2.02. The first-order valence-corrected chi connectivity index (χ1v) is 8.79. The molecule has 0 spiro atoms. The van der Waals surface area contributed by atoms with Gasteiger partial charge < -0.3 is 15.4 Å². The molecule has 24 heavy (non-hydrogen) atoms. The topological polar surface area (TPSA) is 67.4 Å². The fourth-order valence-corrected chi connectivity index (χ4v) is 2.85. The molecule has 5 nitrogen and oxygen atoms in total. The van der Waals surface area contributed by atoms with E-state index in [9.17, 15) is 9.59 Å². The lowest BCUT2D eigenvalue weighted by Gasteiger charge is -2.28. The SMILES string of the molecule is CCOc1ccccc1NC(=O)C(C)(C)C(=O)NC1CCCCC1. The van der Waals surface area contributed by atoms with Gasteiger partial charge in [0, 0.05) is 6.04 Å². The van der Waals surface area contributed by atoms with Crippen LogP contribution in [0, 0.1) is 5.41 Å². The van der Waals surface area contributed by atoms with E-state index in [1.54, 1.807) is 26.0 Å². The number of hydrogen-bond donors (Lipinski definition) is 2. The number of carbonyl (C=O) groups is 2. The smallest absolute Gasteiger partial charge is 0.239 e. The zero-order chi connectivity index (χ0) is 17.6. The quantitative estimate of drug-likeness (QED) is 0.784. The molecule has 1 aliphatic rings. The van der Waals surface area contributed by atoms with E-state index in [0.717, 1.165) is 25.7 Å². The summed E-state index contributed by atoms with van der Waals surface area (Å²) >= 11 is 0. The first-order valence-electron chi connectivity index (χ1n) is 8.79. The molecule has 1 aromatic carbocycles. The molecule has 0 saturated heterocycles. The van der Waals surface area contributed by atoms with Crippen molar-refractivity contribution in [2.45, 2.75) is 58.9 Å². The average molecular weight is 332 g/mol. The molecule has 1 aliphatic carbocycles. The fourth-order valence-electron chi connectivity index (χ4n) is 2.85. The summed E-state index contributed by atoms with van der Waals surface area (Å²) in [6, 6.07) is 7.44. The number of carbonyl (C=O) groups excluding carboxylic acids is 2. The summed E-state index contributed by atoms with van der Waals surface area (Å²) in [6.07, 6.45) is 5.50. The van der Waals surface area contributed by atoms with Gasteiger partial charge in [-0.3, -0.25) is 9.59 Å². The van der Waals surface area contributed by atoms with Gasteiger partial charge in [0.15, 0.2) is 0 Å². The highest BCUT2D eigenvalue weighted by atomic mass is 16.5. The molecule has 0 radical (unpaired) electrons. The minimum Gasteiger partial charge on any atom is -0.492 e. The first-order chi connectivity index (χ1) is 11.4. The van der Waals surface area contributed by atoms with Crippen molar-refractivity contribution < 1.29 is 14.3 Å². The molecule has 5 heteroatoms. The summed E-state index contributed by atoms with van der Waals surface area (Å²) in [5.41, 5.74) is -0.556. The summed E-state index contributed by atoms with van der Waals surface area (Å²) < 4.78 is 5.52. The van der Waals surface area contributed by atoms with Gasteiger partial charge in [-0.2, -0.15) is 0 Å². The summed E-state index contributed by atoms with van der Waals surface area (Å²) in [7, 11) is 0. The third-order valence-corrected chi connectivity index (χ3v) is 4.51. The van der Waals surface area contributed by atoms with Crippen molar-refractivity contribution in [1.29, 1.82) is 0 Å². The maximum atomic E-state index is 12.6. The van der Waals surface area contributed by atoms with Gasteiger partial charge in [-0.15, -0.1) is 0 Å². The molecular formula is C19H28N2O3. The first kappa shape index (κ1) is 18.3. The molecule has 0 bridgehead atoms. The van der Waals surface area contributed by atoms with E-state index in [2.05, 4.69) is 10.6 Å². The second-order valence-corrected chi connectivity index (χ2v) is 6.82. The lowest BCUT2D eigenvalue weighted by atomic mass is 9.88. The number of amides is 2. The third kappa shape index (κ3) is 4.49. The van der Waals surface area contributed by atoms with E-state index >= 15 is 0 Å². The standard InChI is InChI=1S/C19H28N2O3/c1-4-24-16-13-9-8-12-15(16)21-18(23)19(2,3)17(22)20-14-10-6-5-7-11-14/h8-9,12-14H,4-7,10-11H2,1-3H3,(H,20,22)(H,21,23). The van der Waals surface area contributed by atoms with E-state index < -0.39 is 5.41 Å². The Bertz CT molecular complexity index is 578. The molecule has 0 aliphatic heterocycles. The number of benzene rings is 1. The number of rotatable bonds is 6. The number of nitrogens with one attached hydrogen (secondary N) is 2. The molecular weight excluding hydrogens is 304 g/mol. The predicted octanol–water partition coefficient (Wildman–Crippen LogP) is 3.50. The minimum atomic E-state index is -1.14. The van der Waals surface area contributed by atoms with E-state index in [1.165, 1.54) is 6.42 Å². The molecule has 0 atom stereocenters. The normalized spacial score (nSPS) is 15.6. The molecule has 132 valence electrons. The van der Waals surface area contributed by atoms with Crippen molar-refractivity contribution in [2.24, 2.45) is 5.41 Å². The van der Waals surface area contributed by atoms with Crippen LogP contribution in [0.1, 0.15) is 52.9 Å². The van der Waals surface area contributed by atoms with Crippen LogP contribution in [-0.4, -0.2) is 24.5 Å². The summed E-state index contributed by atoms with van der Waals surface area (Å²) in [4.78, 5) is 25.2. The monoisotopic (exact) mass is 332 g/mol. The van der Waals surface area contributed by atoms with Crippen LogP contribution in [0.2, 0.25) is 0 Å². The van der Waals surface area contributed by atoms with Crippen LogP contribution in [0.3, 0.4) is 0 Å². The van der Waals surface area contributed by atoms with Crippen LogP contribution in [0.25, 0.3) is 0 Å². The molecule has 2 amide bonds. The van der Waals surface area contributed by atoms with E-state index in [0.29, 0.717) is 18.0 Å². The average Bonchev–Trinajstić information content (AvgIpc) is 2.57. The maximum absolute atomic E-state index is 12.6. The maximum Gasteiger partial charge on any atom is 0.239 e. The Morgan fingerprint density at radius 1 is 1.12 bits per heavy atom. The molecule has 1 saturated carbocycles. The number of anilines is 1. The number of ether oxygens (including phenoxy) is 1. The van der Waals surface area contributed by atoms with Crippen molar-refractivity contribution in [3.8, 4) is 5.75 Å².